The van der Waals surface area contributed by atoms with Gasteiger partial charge in [-0.3, -0.25) is 4.79 Å². The van der Waals surface area contributed by atoms with Crippen LogP contribution in [0.15, 0.2) is 53.4 Å². The Morgan fingerprint density at radius 1 is 1.17 bits per heavy atom. The van der Waals surface area contributed by atoms with Gasteiger partial charge in [0.25, 0.3) is 5.91 Å². The Morgan fingerprint density at radius 3 is 2.62 bits per heavy atom. The number of aromatic nitrogens is 2. The molecule has 0 unspecified atom stereocenters. The Balaban J connectivity index is 1.64. The van der Waals surface area contributed by atoms with Crippen molar-refractivity contribution in [2.45, 2.75) is 18.8 Å². The fourth-order valence-corrected chi connectivity index (χ4v) is 4.15. The molecule has 122 valence electrons. The van der Waals surface area contributed by atoms with Crippen LogP contribution in [-0.4, -0.2) is 34.0 Å². The number of nitrogens with zero attached hydrogens (tertiary/aromatic N) is 3. The van der Waals surface area contributed by atoms with E-state index in [1.54, 1.807) is 0 Å². The maximum atomic E-state index is 12.8. The van der Waals surface area contributed by atoms with Gasteiger partial charge in [-0.15, -0.1) is 11.3 Å². The van der Waals surface area contributed by atoms with E-state index in [0.29, 0.717) is 18.9 Å². The molecule has 6 heteroatoms. The number of carbonyl (C=O) groups excluding carboxylic acids is 1. The van der Waals surface area contributed by atoms with Crippen molar-refractivity contribution in [2.75, 3.05) is 13.1 Å². The minimum Gasteiger partial charge on any atom is -0.343 e. The average molecular weight is 339 g/mol. The van der Waals surface area contributed by atoms with Crippen molar-refractivity contribution in [3.63, 3.8) is 0 Å². The van der Waals surface area contributed by atoms with Gasteiger partial charge in [-0.1, -0.05) is 35.5 Å². The first kappa shape index (κ1) is 15.1. The third-order valence-electron chi connectivity index (χ3n) is 4.50. The summed E-state index contributed by atoms with van der Waals surface area (Å²) in [5.74, 6) is 0.978. The first-order valence-corrected chi connectivity index (χ1v) is 8.71. The molecule has 0 saturated carbocycles. The highest BCUT2D eigenvalue weighted by atomic mass is 32.1. The quantitative estimate of drug-likeness (QED) is 0.733. The SMILES string of the molecule is Cc1ccc(C(=O)N2C[C@@H](c3ccccc3)[C@H](c3ncon3)C2)s1. The van der Waals surface area contributed by atoms with Crippen LogP contribution in [0.5, 0.6) is 0 Å². The second-order valence-electron chi connectivity index (χ2n) is 6.03. The fraction of sp³-hybridized carbons (Fsp3) is 0.278. The molecule has 0 spiro atoms. The van der Waals surface area contributed by atoms with Crippen molar-refractivity contribution in [1.29, 1.82) is 0 Å². The molecule has 1 amide bonds. The zero-order chi connectivity index (χ0) is 16.5. The molecule has 2 aromatic heterocycles. The van der Waals surface area contributed by atoms with Gasteiger partial charge in [0, 0.05) is 29.8 Å². The molecule has 0 aliphatic carbocycles. The maximum Gasteiger partial charge on any atom is 0.263 e. The van der Waals surface area contributed by atoms with Crippen LogP contribution in [0.2, 0.25) is 0 Å². The monoisotopic (exact) mass is 339 g/mol. The zero-order valence-corrected chi connectivity index (χ0v) is 14.1. The molecule has 0 radical (unpaired) electrons. The van der Waals surface area contributed by atoms with E-state index in [1.165, 1.54) is 23.3 Å². The van der Waals surface area contributed by atoms with E-state index < -0.39 is 0 Å². The second kappa shape index (κ2) is 6.20. The first-order chi connectivity index (χ1) is 11.7. The number of rotatable bonds is 3. The molecule has 1 fully saturated rings. The molecule has 1 saturated heterocycles. The summed E-state index contributed by atoms with van der Waals surface area (Å²) in [4.78, 5) is 20.9. The molecular formula is C18H17N3O2S. The average Bonchev–Trinajstić information content (AvgIpc) is 3.35. The van der Waals surface area contributed by atoms with Crippen molar-refractivity contribution in [3.8, 4) is 0 Å². The van der Waals surface area contributed by atoms with Crippen molar-refractivity contribution in [2.24, 2.45) is 0 Å². The summed E-state index contributed by atoms with van der Waals surface area (Å²) < 4.78 is 4.93. The topological polar surface area (TPSA) is 59.2 Å². The summed E-state index contributed by atoms with van der Waals surface area (Å²) >= 11 is 1.54. The van der Waals surface area contributed by atoms with E-state index in [1.807, 2.05) is 42.2 Å². The lowest BCUT2D eigenvalue weighted by atomic mass is 9.88. The van der Waals surface area contributed by atoms with Gasteiger partial charge < -0.3 is 9.42 Å². The third kappa shape index (κ3) is 2.73. The first-order valence-electron chi connectivity index (χ1n) is 7.89. The number of hydrogen-bond donors (Lipinski definition) is 0. The molecule has 1 aliphatic rings. The predicted octanol–water partition coefficient (Wildman–Crippen LogP) is 3.46. The lowest BCUT2D eigenvalue weighted by Crippen LogP contribution is -2.28. The summed E-state index contributed by atoms with van der Waals surface area (Å²) in [5.41, 5.74) is 1.20. The molecular weight excluding hydrogens is 322 g/mol. The third-order valence-corrected chi connectivity index (χ3v) is 5.48. The van der Waals surface area contributed by atoms with E-state index >= 15 is 0 Å². The van der Waals surface area contributed by atoms with E-state index in [2.05, 4.69) is 22.3 Å². The summed E-state index contributed by atoms with van der Waals surface area (Å²) in [7, 11) is 0. The number of amides is 1. The second-order valence-corrected chi connectivity index (χ2v) is 7.32. The molecule has 3 aromatic rings. The summed E-state index contributed by atoms with van der Waals surface area (Å²) in [6.45, 7) is 3.29. The van der Waals surface area contributed by atoms with Crippen LogP contribution >= 0.6 is 11.3 Å². The Labute approximate surface area is 143 Å². The van der Waals surface area contributed by atoms with E-state index in [-0.39, 0.29) is 17.7 Å². The number of benzene rings is 1. The Bertz CT molecular complexity index is 829. The highest BCUT2D eigenvalue weighted by Crippen LogP contribution is 2.39. The lowest BCUT2D eigenvalue weighted by molar-refractivity contribution is 0.0793. The van der Waals surface area contributed by atoms with Gasteiger partial charge in [0.15, 0.2) is 5.82 Å². The van der Waals surface area contributed by atoms with Gasteiger partial charge in [-0.05, 0) is 24.6 Å². The molecule has 0 N–H and O–H groups in total. The van der Waals surface area contributed by atoms with Crippen molar-refractivity contribution in [3.05, 3.63) is 70.0 Å². The molecule has 3 heterocycles. The van der Waals surface area contributed by atoms with Crippen molar-refractivity contribution < 1.29 is 9.32 Å². The summed E-state index contributed by atoms with van der Waals surface area (Å²) in [6.07, 6.45) is 1.35. The van der Waals surface area contributed by atoms with E-state index in [9.17, 15) is 4.79 Å². The normalized spacial score (nSPS) is 20.5. The van der Waals surface area contributed by atoms with Crippen LogP contribution in [0.25, 0.3) is 0 Å². The smallest absolute Gasteiger partial charge is 0.263 e. The number of hydrogen-bond acceptors (Lipinski definition) is 5. The molecule has 1 aliphatic heterocycles. The molecule has 1 aromatic carbocycles. The Kier molecular flexibility index (Phi) is 3.90. The fourth-order valence-electron chi connectivity index (χ4n) is 3.32. The highest BCUT2D eigenvalue weighted by molar-refractivity contribution is 7.13. The number of aryl methyl sites for hydroxylation is 1. The lowest BCUT2D eigenvalue weighted by Gasteiger charge is -2.16. The minimum absolute atomic E-state index is 0.0520. The summed E-state index contributed by atoms with van der Waals surface area (Å²) in [6, 6.07) is 14.1. The minimum atomic E-state index is 0.0520. The van der Waals surface area contributed by atoms with Crippen LogP contribution in [0.1, 0.15) is 37.8 Å². The standard InChI is InChI=1S/C18H17N3O2S/c1-12-7-8-16(24-12)18(22)21-9-14(13-5-3-2-4-6-13)15(10-21)17-19-11-23-20-17/h2-8,11,14-15H,9-10H2,1H3/t14-,15+/m0/s1. The van der Waals surface area contributed by atoms with Gasteiger partial charge in [0.05, 0.1) is 4.88 Å². The number of likely N-dealkylation sites (tertiary alicyclic amines) is 1. The highest BCUT2D eigenvalue weighted by Gasteiger charge is 2.39. The Hall–Kier alpha value is -2.47. The van der Waals surface area contributed by atoms with Gasteiger partial charge in [-0.2, -0.15) is 4.98 Å². The van der Waals surface area contributed by atoms with Crippen LogP contribution in [0.4, 0.5) is 0 Å². The van der Waals surface area contributed by atoms with E-state index in [0.717, 1.165) is 9.75 Å². The van der Waals surface area contributed by atoms with Gasteiger partial charge >= 0.3 is 0 Å². The van der Waals surface area contributed by atoms with Gasteiger partial charge in [-0.25, -0.2) is 0 Å². The Morgan fingerprint density at radius 2 is 1.96 bits per heavy atom. The molecule has 0 bridgehead atoms. The molecule has 2 atom stereocenters. The molecule has 4 rings (SSSR count). The van der Waals surface area contributed by atoms with Crippen LogP contribution < -0.4 is 0 Å². The van der Waals surface area contributed by atoms with Gasteiger partial charge in [0.2, 0.25) is 6.39 Å². The van der Waals surface area contributed by atoms with Gasteiger partial charge in [0.1, 0.15) is 0 Å². The molecule has 24 heavy (non-hydrogen) atoms. The largest absolute Gasteiger partial charge is 0.343 e. The predicted molar refractivity (Wildman–Crippen MR) is 91.2 cm³/mol. The van der Waals surface area contributed by atoms with Crippen LogP contribution in [0, 0.1) is 6.92 Å². The zero-order valence-electron chi connectivity index (χ0n) is 13.3. The van der Waals surface area contributed by atoms with Crippen molar-refractivity contribution >= 4 is 17.2 Å². The number of carbonyl (C=O) groups is 1. The number of thiophene rings is 1. The van der Waals surface area contributed by atoms with E-state index in [4.69, 9.17) is 4.52 Å². The maximum absolute atomic E-state index is 12.8. The summed E-state index contributed by atoms with van der Waals surface area (Å²) in [5, 5.41) is 4.02. The molecule has 5 nitrogen and oxygen atoms in total. The van der Waals surface area contributed by atoms with Crippen molar-refractivity contribution in [1.82, 2.24) is 15.0 Å². The van der Waals surface area contributed by atoms with Crippen LogP contribution in [-0.2, 0) is 0 Å². The van der Waals surface area contributed by atoms with Crippen LogP contribution in [0.3, 0.4) is 0 Å².